The van der Waals surface area contributed by atoms with E-state index >= 15 is 0 Å². The smallest absolute Gasteiger partial charge is 0.345 e. The van der Waals surface area contributed by atoms with Crippen molar-refractivity contribution in [2.75, 3.05) is 11.4 Å². The molecule has 20 heavy (non-hydrogen) atoms. The zero-order valence-electron chi connectivity index (χ0n) is 10.6. The molecular weight excluding hydrogens is 275 g/mol. The Morgan fingerprint density at radius 2 is 2.05 bits per heavy atom. The maximum Gasteiger partial charge on any atom is 0.433 e. The summed E-state index contributed by atoms with van der Waals surface area (Å²) in [5.41, 5.74) is -0.780. The average Bonchev–Trinajstić information content (AvgIpc) is 2.49. The predicted octanol–water partition coefficient (Wildman–Crippen LogP) is 1.34. The highest BCUT2D eigenvalue weighted by molar-refractivity contribution is 6.00. The molecule has 1 fully saturated rings. The zero-order chi connectivity index (χ0) is 14.9. The lowest BCUT2D eigenvalue weighted by molar-refractivity contribution is -0.141. The van der Waals surface area contributed by atoms with E-state index in [1.165, 1.54) is 17.9 Å². The number of rotatable bonds is 1. The van der Waals surface area contributed by atoms with Gasteiger partial charge in [0.1, 0.15) is 11.7 Å². The molecule has 2 rings (SSSR count). The third kappa shape index (κ3) is 2.89. The Labute approximate surface area is 112 Å². The summed E-state index contributed by atoms with van der Waals surface area (Å²) in [7, 11) is 0. The van der Waals surface area contributed by atoms with E-state index in [9.17, 15) is 22.8 Å². The summed E-state index contributed by atoms with van der Waals surface area (Å²) in [6.07, 6.45) is -3.44. The van der Waals surface area contributed by atoms with Gasteiger partial charge < -0.3 is 10.2 Å². The maximum absolute atomic E-state index is 12.4. The fraction of sp³-hybridized carbons (Fsp3) is 0.417. The van der Waals surface area contributed by atoms with Crippen LogP contribution in [0.1, 0.15) is 19.0 Å². The summed E-state index contributed by atoms with van der Waals surface area (Å²) in [4.78, 5) is 28.0. The Bertz CT molecular complexity index is 528. The first-order chi connectivity index (χ1) is 9.29. The van der Waals surface area contributed by atoms with Crippen LogP contribution in [0, 0.1) is 0 Å². The van der Waals surface area contributed by atoms with Crippen molar-refractivity contribution in [1.29, 1.82) is 0 Å². The van der Waals surface area contributed by atoms with E-state index in [4.69, 9.17) is 0 Å². The summed E-state index contributed by atoms with van der Waals surface area (Å²) in [5, 5.41) is 2.50. The number of amides is 2. The molecule has 0 spiro atoms. The number of halogens is 3. The third-order valence-corrected chi connectivity index (χ3v) is 2.93. The van der Waals surface area contributed by atoms with Gasteiger partial charge in [-0.1, -0.05) is 0 Å². The van der Waals surface area contributed by atoms with Crippen LogP contribution in [0.3, 0.4) is 0 Å². The van der Waals surface area contributed by atoms with Gasteiger partial charge >= 0.3 is 6.18 Å². The van der Waals surface area contributed by atoms with Gasteiger partial charge in [0.05, 0.1) is 11.9 Å². The van der Waals surface area contributed by atoms with Crippen molar-refractivity contribution in [3.05, 3.63) is 24.0 Å². The molecule has 0 radical (unpaired) electrons. The number of carbonyl (C=O) groups excluding carboxylic acids is 2. The zero-order valence-corrected chi connectivity index (χ0v) is 10.6. The van der Waals surface area contributed by atoms with Crippen LogP contribution in [0.15, 0.2) is 18.3 Å². The predicted molar refractivity (Wildman–Crippen MR) is 63.8 cm³/mol. The Balaban J connectivity index is 2.26. The van der Waals surface area contributed by atoms with Crippen molar-refractivity contribution in [3.63, 3.8) is 0 Å². The van der Waals surface area contributed by atoms with Crippen LogP contribution in [-0.4, -0.2) is 29.4 Å². The molecule has 2 amide bonds. The second kappa shape index (κ2) is 5.10. The van der Waals surface area contributed by atoms with Crippen molar-refractivity contribution >= 4 is 17.5 Å². The van der Waals surface area contributed by atoms with Gasteiger partial charge in [0.25, 0.3) is 0 Å². The molecule has 1 aromatic heterocycles. The third-order valence-electron chi connectivity index (χ3n) is 2.93. The Morgan fingerprint density at radius 1 is 1.35 bits per heavy atom. The topological polar surface area (TPSA) is 62.3 Å². The lowest BCUT2D eigenvalue weighted by Crippen LogP contribution is -2.42. The lowest BCUT2D eigenvalue weighted by Gasteiger charge is -2.22. The standard InChI is InChI=1S/C12H12F3N3O2/c1-7-11(20)18(5-4-10(19)17-7)8-2-3-9(16-6-8)12(13,14)15/h2-3,6-7H,4-5H2,1H3,(H,17,19). The highest BCUT2D eigenvalue weighted by Gasteiger charge is 2.33. The van der Waals surface area contributed by atoms with E-state index in [-0.39, 0.29) is 30.5 Å². The fourth-order valence-corrected chi connectivity index (χ4v) is 1.90. The monoisotopic (exact) mass is 287 g/mol. The summed E-state index contributed by atoms with van der Waals surface area (Å²) >= 11 is 0. The van der Waals surface area contributed by atoms with Crippen molar-refractivity contribution in [2.24, 2.45) is 0 Å². The molecule has 1 aliphatic rings. The molecule has 8 heteroatoms. The van der Waals surface area contributed by atoms with Gasteiger partial charge in [0.2, 0.25) is 11.8 Å². The minimum absolute atomic E-state index is 0.0943. The van der Waals surface area contributed by atoms with Gasteiger partial charge in [-0.05, 0) is 19.1 Å². The Kier molecular flexibility index (Phi) is 3.65. The number of nitrogens with zero attached hydrogens (tertiary/aromatic N) is 2. The quantitative estimate of drug-likeness (QED) is 0.848. The van der Waals surface area contributed by atoms with E-state index in [1.807, 2.05) is 0 Å². The van der Waals surface area contributed by atoms with Crippen molar-refractivity contribution in [2.45, 2.75) is 25.6 Å². The van der Waals surface area contributed by atoms with Crippen molar-refractivity contribution in [1.82, 2.24) is 10.3 Å². The van der Waals surface area contributed by atoms with Crippen LogP contribution in [0.4, 0.5) is 18.9 Å². The van der Waals surface area contributed by atoms with Crippen LogP contribution in [0.5, 0.6) is 0 Å². The first-order valence-corrected chi connectivity index (χ1v) is 5.93. The highest BCUT2D eigenvalue weighted by Crippen LogP contribution is 2.28. The molecule has 2 heterocycles. The first kappa shape index (κ1) is 14.3. The summed E-state index contributed by atoms with van der Waals surface area (Å²) in [5.74, 6) is -0.648. The van der Waals surface area contributed by atoms with Gasteiger partial charge in [0, 0.05) is 13.0 Å². The van der Waals surface area contributed by atoms with E-state index < -0.39 is 17.9 Å². The minimum Gasteiger partial charge on any atom is -0.345 e. The van der Waals surface area contributed by atoms with Gasteiger partial charge in [-0.15, -0.1) is 0 Å². The highest BCUT2D eigenvalue weighted by atomic mass is 19.4. The summed E-state index contributed by atoms with van der Waals surface area (Å²) in [6, 6.07) is 1.27. The Morgan fingerprint density at radius 3 is 2.60 bits per heavy atom. The number of hydrogen-bond donors (Lipinski definition) is 1. The first-order valence-electron chi connectivity index (χ1n) is 5.93. The molecular formula is C12H12F3N3O2. The van der Waals surface area contributed by atoms with E-state index in [0.717, 1.165) is 12.3 Å². The number of nitrogens with one attached hydrogen (secondary N) is 1. The van der Waals surface area contributed by atoms with Gasteiger partial charge in [-0.25, -0.2) is 4.98 Å². The molecule has 0 aliphatic carbocycles. The molecule has 1 aromatic rings. The van der Waals surface area contributed by atoms with Crippen molar-refractivity contribution < 1.29 is 22.8 Å². The second-order valence-corrected chi connectivity index (χ2v) is 4.43. The summed E-state index contributed by atoms with van der Waals surface area (Å²) in [6.45, 7) is 1.64. The van der Waals surface area contributed by atoms with Gasteiger partial charge in [0.15, 0.2) is 0 Å². The SMILES string of the molecule is CC1NC(=O)CCN(c2ccc(C(F)(F)F)nc2)C1=O. The molecule has 1 saturated heterocycles. The van der Waals surface area contributed by atoms with Crippen LogP contribution in [-0.2, 0) is 15.8 Å². The number of hydrogen-bond acceptors (Lipinski definition) is 3. The second-order valence-electron chi connectivity index (χ2n) is 4.43. The normalized spacial score (nSPS) is 20.6. The molecule has 1 N–H and O–H groups in total. The number of anilines is 1. The number of aromatic nitrogens is 1. The van der Waals surface area contributed by atoms with E-state index in [1.54, 1.807) is 0 Å². The largest absolute Gasteiger partial charge is 0.433 e. The van der Waals surface area contributed by atoms with E-state index in [2.05, 4.69) is 10.3 Å². The molecule has 0 aromatic carbocycles. The van der Waals surface area contributed by atoms with E-state index in [0.29, 0.717) is 0 Å². The maximum atomic E-state index is 12.4. The summed E-state index contributed by atoms with van der Waals surface area (Å²) < 4.78 is 37.3. The van der Waals surface area contributed by atoms with Crippen LogP contribution >= 0.6 is 0 Å². The molecule has 1 unspecified atom stereocenters. The molecule has 0 bridgehead atoms. The molecule has 5 nitrogen and oxygen atoms in total. The van der Waals surface area contributed by atoms with Crippen LogP contribution < -0.4 is 10.2 Å². The molecule has 1 atom stereocenters. The fourth-order valence-electron chi connectivity index (χ4n) is 1.90. The number of alkyl halides is 3. The van der Waals surface area contributed by atoms with Gasteiger partial charge in [-0.3, -0.25) is 9.59 Å². The molecule has 108 valence electrons. The molecule has 1 aliphatic heterocycles. The van der Waals surface area contributed by atoms with Crippen molar-refractivity contribution in [3.8, 4) is 0 Å². The lowest BCUT2D eigenvalue weighted by atomic mass is 10.2. The van der Waals surface area contributed by atoms with Crippen LogP contribution in [0.25, 0.3) is 0 Å². The number of carbonyl (C=O) groups is 2. The average molecular weight is 287 g/mol. The minimum atomic E-state index is -4.52. The van der Waals surface area contributed by atoms with Gasteiger partial charge in [-0.2, -0.15) is 13.2 Å². The Hall–Kier alpha value is -2.12. The number of pyridine rings is 1. The molecule has 0 saturated carbocycles. The van der Waals surface area contributed by atoms with Crippen LogP contribution in [0.2, 0.25) is 0 Å².